The van der Waals surface area contributed by atoms with Gasteiger partial charge in [0.05, 0.1) is 34.5 Å². The highest BCUT2D eigenvalue weighted by Crippen LogP contribution is 2.44. The van der Waals surface area contributed by atoms with Crippen LogP contribution in [0.3, 0.4) is 0 Å². The Morgan fingerprint density at radius 2 is 1.84 bits per heavy atom. The number of phenolic OH excluding ortho intramolecular Hbond substituents is 1. The van der Waals surface area contributed by atoms with Crippen LogP contribution in [0, 0.1) is 0 Å². The van der Waals surface area contributed by atoms with Crippen LogP contribution < -0.4 is 15.5 Å². The first-order chi connectivity index (χ1) is 20.7. The molecule has 0 saturated carbocycles. The van der Waals surface area contributed by atoms with Crippen molar-refractivity contribution >= 4 is 50.9 Å². The molecule has 214 valence electrons. The number of carboxylic acid groups (broad SMARTS) is 1. The number of Topliss-reactive ketones (excluding diaryl/α,β-unsaturated/α-hetero) is 1. The molecular formula is C33H23ClN2O7. The quantitative estimate of drug-likeness (QED) is 0.132. The second-order valence-corrected chi connectivity index (χ2v) is 10.3. The van der Waals surface area contributed by atoms with Gasteiger partial charge in [-0.2, -0.15) is 0 Å². The van der Waals surface area contributed by atoms with Gasteiger partial charge in [0, 0.05) is 46.1 Å². The first-order valence-electron chi connectivity index (χ1n) is 13.1. The number of aromatic hydroxyl groups is 1. The number of phenols is 1. The van der Waals surface area contributed by atoms with Gasteiger partial charge >= 0.3 is 5.97 Å². The number of carboxylic acids is 1. The molecule has 0 spiro atoms. The maximum atomic E-state index is 12.7. The van der Waals surface area contributed by atoms with Gasteiger partial charge in [0.2, 0.25) is 11.3 Å². The second-order valence-electron chi connectivity index (χ2n) is 9.90. The van der Waals surface area contributed by atoms with Crippen LogP contribution in [0.15, 0.2) is 82.0 Å². The third kappa shape index (κ3) is 4.89. The predicted octanol–water partition coefficient (Wildman–Crippen LogP) is 6.99. The Bertz CT molecular complexity index is 2140. The monoisotopic (exact) mass is 594 g/mol. The summed E-state index contributed by atoms with van der Waals surface area (Å²) in [6, 6.07) is 19.3. The number of benzene rings is 4. The number of methoxy groups -OCH3 is 1. The number of carbonyl (C=O) groups is 2. The van der Waals surface area contributed by atoms with E-state index in [1.165, 1.54) is 50.4 Å². The highest BCUT2D eigenvalue weighted by molar-refractivity contribution is 6.31. The van der Waals surface area contributed by atoms with E-state index in [-0.39, 0.29) is 45.6 Å². The van der Waals surface area contributed by atoms with E-state index in [0.717, 1.165) is 5.39 Å². The molecule has 4 aromatic rings. The Morgan fingerprint density at radius 1 is 1.02 bits per heavy atom. The number of aromatic nitrogens is 1. The topological polar surface area (TPSA) is 139 Å². The van der Waals surface area contributed by atoms with Crippen LogP contribution in [0.4, 0.5) is 5.69 Å². The molecule has 2 heterocycles. The lowest BCUT2D eigenvalue weighted by Crippen LogP contribution is -2.07. The molecule has 1 aliphatic heterocycles. The van der Waals surface area contributed by atoms with E-state index >= 15 is 0 Å². The zero-order valence-electron chi connectivity index (χ0n) is 22.9. The third-order valence-electron chi connectivity index (χ3n) is 7.30. The normalized spacial score (nSPS) is 11.2. The molecule has 10 heteroatoms. The van der Waals surface area contributed by atoms with E-state index < -0.39 is 11.4 Å². The molecule has 1 aromatic heterocycles. The van der Waals surface area contributed by atoms with Crippen molar-refractivity contribution < 1.29 is 29.0 Å². The minimum atomic E-state index is -1.17. The van der Waals surface area contributed by atoms with Gasteiger partial charge in [-0.3, -0.25) is 9.59 Å². The van der Waals surface area contributed by atoms with Crippen LogP contribution in [0.25, 0.3) is 44.3 Å². The summed E-state index contributed by atoms with van der Waals surface area (Å²) in [5, 5.41) is 25.4. The van der Waals surface area contributed by atoms with Gasteiger partial charge in [-0.1, -0.05) is 23.7 Å². The molecule has 0 unspecified atom stereocenters. The van der Waals surface area contributed by atoms with E-state index in [0.29, 0.717) is 44.7 Å². The maximum absolute atomic E-state index is 12.7. The predicted molar refractivity (Wildman–Crippen MR) is 164 cm³/mol. The van der Waals surface area contributed by atoms with E-state index in [9.17, 15) is 24.6 Å². The van der Waals surface area contributed by atoms with Gasteiger partial charge in [-0.25, -0.2) is 9.78 Å². The molecule has 43 heavy (non-hydrogen) atoms. The number of anilines is 1. The van der Waals surface area contributed by atoms with Crippen molar-refractivity contribution in [3.63, 3.8) is 0 Å². The molecule has 0 bridgehead atoms. The number of carbonyl (C=O) groups excluding carboxylic acids is 1. The average Bonchev–Trinajstić information content (AvgIpc) is 2.99. The molecule has 3 aromatic carbocycles. The summed E-state index contributed by atoms with van der Waals surface area (Å²) >= 11 is 6.25. The SMILES string of the molecule is COc1ccc2cccc(NCc3c(O)ccc4c(-c5cc(C(=O)O)ccc5C(C)=O)c5cc(Cl)c(=O)cc-5oc34)c2n1. The largest absolute Gasteiger partial charge is 0.507 e. The van der Waals surface area contributed by atoms with Crippen molar-refractivity contribution in [2.24, 2.45) is 0 Å². The number of hydrogen-bond acceptors (Lipinski definition) is 8. The number of fused-ring (bicyclic) bond motifs is 3. The van der Waals surface area contributed by atoms with Gasteiger partial charge in [0.1, 0.15) is 17.1 Å². The molecule has 0 atom stereocenters. The number of ketones is 1. The summed E-state index contributed by atoms with van der Waals surface area (Å²) in [7, 11) is 1.53. The zero-order valence-corrected chi connectivity index (χ0v) is 23.7. The summed E-state index contributed by atoms with van der Waals surface area (Å²) in [5.74, 6) is -0.955. The minimum Gasteiger partial charge on any atom is -0.507 e. The van der Waals surface area contributed by atoms with Crippen LogP contribution in [0.5, 0.6) is 11.6 Å². The second kappa shape index (κ2) is 10.8. The van der Waals surface area contributed by atoms with Crippen LogP contribution in [-0.2, 0) is 6.54 Å². The molecule has 9 nitrogen and oxygen atoms in total. The lowest BCUT2D eigenvalue weighted by Gasteiger charge is -2.20. The fraction of sp³-hybridized carbons (Fsp3) is 0.0909. The third-order valence-corrected chi connectivity index (χ3v) is 7.59. The molecule has 0 fully saturated rings. The van der Waals surface area contributed by atoms with Gasteiger partial charge < -0.3 is 24.7 Å². The number of hydrogen-bond donors (Lipinski definition) is 3. The van der Waals surface area contributed by atoms with Crippen LogP contribution in [0.2, 0.25) is 5.02 Å². The fourth-order valence-corrected chi connectivity index (χ4v) is 5.39. The standard InChI is InChI=1S/C33H23ClN2O7/c1-16(37)19-8-6-18(33(40)41)12-21(19)30-20-9-10-26(38)23(32(20)43-28-14-27(39)24(34)13-22(28)30)15-35-25-5-3-4-17-7-11-29(42-2)36-31(17)25/h3-14,35,38H,15H2,1-2H3,(H,40,41). The molecule has 1 aliphatic carbocycles. The zero-order chi connectivity index (χ0) is 30.4. The van der Waals surface area contributed by atoms with Crippen molar-refractivity contribution in [3.8, 4) is 34.1 Å². The molecule has 0 radical (unpaired) electrons. The highest BCUT2D eigenvalue weighted by atomic mass is 35.5. The summed E-state index contributed by atoms with van der Waals surface area (Å²) in [5.41, 5.74) is 2.84. The van der Waals surface area contributed by atoms with Gasteiger partial charge in [-0.15, -0.1) is 0 Å². The fourth-order valence-electron chi connectivity index (χ4n) is 5.22. The molecule has 6 rings (SSSR count). The van der Waals surface area contributed by atoms with E-state index in [1.807, 2.05) is 24.3 Å². The Balaban J connectivity index is 1.62. The van der Waals surface area contributed by atoms with Crippen LogP contribution in [0.1, 0.15) is 33.2 Å². The molecule has 0 saturated heterocycles. The highest BCUT2D eigenvalue weighted by Gasteiger charge is 2.25. The molecule has 2 aliphatic rings. The summed E-state index contributed by atoms with van der Waals surface area (Å²) in [4.78, 5) is 41.8. The Hall–Kier alpha value is -5.41. The Labute approximate surface area is 249 Å². The number of halogens is 1. The minimum absolute atomic E-state index is 0.0341. The Kier molecular flexibility index (Phi) is 6.95. The lowest BCUT2D eigenvalue weighted by atomic mass is 9.88. The number of rotatable bonds is 7. The van der Waals surface area contributed by atoms with E-state index in [2.05, 4.69) is 10.3 Å². The van der Waals surface area contributed by atoms with Crippen molar-refractivity contribution in [2.45, 2.75) is 13.5 Å². The summed E-state index contributed by atoms with van der Waals surface area (Å²) < 4.78 is 11.5. The van der Waals surface area contributed by atoms with Gasteiger partial charge in [0.15, 0.2) is 5.78 Å². The molecule has 3 N–H and O–H groups in total. The van der Waals surface area contributed by atoms with E-state index in [4.69, 9.17) is 20.8 Å². The van der Waals surface area contributed by atoms with Crippen LogP contribution in [-0.4, -0.2) is 34.1 Å². The van der Waals surface area contributed by atoms with E-state index in [1.54, 1.807) is 12.1 Å². The Morgan fingerprint density at radius 3 is 2.58 bits per heavy atom. The number of nitrogens with one attached hydrogen (secondary N) is 1. The van der Waals surface area contributed by atoms with Crippen molar-refractivity contribution in [1.82, 2.24) is 4.98 Å². The molecule has 0 amide bonds. The van der Waals surface area contributed by atoms with Crippen LogP contribution >= 0.6 is 11.6 Å². The number of aromatic carboxylic acids is 1. The lowest BCUT2D eigenvalue weighted by molar-refractivity contribution is 0.0696. The summed E-state index contributed by atoms with van der Waals surface area (Å²) in [6.45, 7) is 1.47. The first-order valence-corrected chi connectivity index (χ1v) is 13.5. The van der Waals surface area contributed by atoms with Crippen molar-refractivity contribution in [1.29, 1.82) is 0 Å². The number of pyridine rings is 1. The summed E-state index contributed by atoms with van der Waals surface area (Å²) in [6.07, 6.45) is 0. The number of nitrogens with zero attached hydrogens (tertiary/aromatic N) is 1. The molecular weight excluding hydrogens is 572 g/mol. The maximum Gasteiger partial charge on any atom is 0.335 e. The van der Waals surface area contributed by atoms with Crippen molar-refractivity contribution in [3.05, 3.63) is 105 Å². The average molecular weight is 595 g/mol. The first kappa shape index (κ1) is 27.7. The smallest absolute Gasteiger partial charge is 0.335 e. The van der Waals surface area contributed by atoms with Gasteiger partial charge in [0.25, 0.3) is 0 Å². The number of ether oxygens (including phenoxy) is 1. The number of para-hydroxylation sites is 1. The van der Waals surface area contributed by atoms with Crippen molar-refractivity contribution in [2.75, 3.05) is 12.4 Å². The van der Waals surface area contributed by atoms with Gasteiger partial charge in [-0.05, 0) is 61.0 Å².